The van der Waals surface area contributed by atoms with Crippen molar-refractivity contribution >= 4 is 5.78 Å². The Morgan fingerprint density at radius 2 is 2.05 bits per heavy atom. The number of hydrogen-bond acceptors (Lipinski definition) is 2. The molecule has 0 unspecified atom stereocenters. The Morgan fingerprint density at radius 1 is 1.30 bits per heavy atom. The van der Waals surface area contributed by atoms with Crippen LogP contribution in [0, 0.1) is 11.8 Å². The zero-order chi connectivity index (χ0) is 14.4. The minimum atomic E-state index is 0.304. The summed E-state index contributed by atoms with van der Waals surface area (Å²) >= 11 is 0. The van der Waals surface area contributed by atoms with Gasteiger partial charge in [0.1, 0.15) is 5.78 Å². The average molecular weight is 276 g/mol. The fraction of sp³-hybridized carbons (Fsp3) is 0.765. The minimum absolute atomic E-state index is 0.304. The number of carbonyl (C=O) groups excluding carboxylic acids is 1. The van der Waals surface area contributed by atoms with Crippen molar-refractivity contribution in [3.63, 3.8) is 0 Å². The van der Waals surface area contributed by atoms with Crippen molar-refractivity contribution in [1.82, 2.24) is 9.78 Å². The van der Waals surface area contributed by atoms with Gasteiger partial charge in [0.25, 0.3) is 0 Å². The summed E-state index contributed by atoms with van der Waals surface area (Å²) in [5.41, 5.74) is 1.07. The molecule has 3 heteroatoms. The maximum absolute atomic E-state index is 12.3. The molecule has 1 aromatic heterocycles. The molecular formula is C17H28N2O. The van der Waals surface area contributed by atoms with Crippen LogP contribution in [0.5, 0.6) is 0 Å². The quantitative estimate of drug-likeness (QED) is 0.754. The number of hydrogen-bond donors (Lipinski definition) is 0. The van der Waals surface area contributed by atoms with E-state index in [-0.39, 0.29) is 0 Å². The van der Waals surface area contributed by atoms with Gasteiger partial charge in [0.2, 0.25) is 0 Å². The zero-order valence-electron chi connectivity index (χ0n) is 13.0. The molecule has 0 bridgehead atoms. The molecule has 1 aliphatic rings. The van der Waals surface area contributed by atoms with Crippen molar-refractivity contribution in [2.24, 2.45) is 11.8 Å². The first-order valence-electron chi connectivity index (χ1n) is 8.27. The second-order valence-electron chi connectivity index (χ2n) is 6.21. The topological polar surface area (TPSA) is 34.9 Å². The highest BCUT2D eigenvalue weighted by Gasteiger charge is 2.25. The number of aromatic nitrogens is 2. The third-order valence-electron chi connectivity index (χ3n) is 4.66. The van der Waals surface area contributed by atoms with Gasteiger partial charge in [-0.1, -0.05) is 26.2 Å². The molecule has 1 heterocycles. The Labute approximate surface area is 122 Å². The Hall–Kier alpha value is -1.12. The molecular weight excluding hydrogens is 248 g/mol. The lowest BCUT2D eigenvalue weighted by Crippen LogP contribution is -2.23. The van der Waals surface area contributed by atoms with Crippen molar-refractivity contribution in [2.45, 2.75) is 71.8 Å². The van der Waals surface area contributed by atoms with Crippen LogP contribution < -0.4 is 0 Å². The van der Waals surface area contributed by atoms with Crippen LogP contribution in [0.25, 0.3) is 0 Å². The Kier molecular flexibility index (Phi) is 5.81. The van der Waals surface area contributed by atoms with E-state index >= 15 is 0 Å². The number of carbonyl (C=O) groups is 1. The third-order valence-corrected chi connectivity index (χ3v) is 4.66. The highest BCUT2D eigenvalue weighted by molar-refractivity contribution is 5.83. The second-order valence-corrected chi connectivity index (χ2v) is 6.21. The molecule has 0 atom stereocenters. The number of unbranched alkanes of at least 4 members (excludes halogenated alkanes) is 1. The van der Waals surface area contributed by atoms with Gasteiger partial charge in [-0.25, -0.2) is 0 Å². The normalized spacial score (nSPS) is 22.9. The molecule has 0 saturated heterocycles. The number of ketones is 1. The van der Waals surface area contributed by atoms with Gasteiger partial charge in [-0.15, -0.1) is 0 Å². The first-order valence-corrected chi connectivity index (χ1v) is 8.27. The predicted molar refractivity (Wildman–Crippen MR) is 81.6 cm³/mol. The molecule has 0 aliphatic heterocycles. The highest BCUT2D eigenvalue weighted by atomic mass is 16.1. The molecule has 20 heavy (non-hydrogen) atoms. The molecule has 1 aromatic rings. The van der Waals surface area contributed by atoms with E-state index in [1.807, 2.05) is 17.1 Å². The SMILES string of the molecule is CCCCC1CCC(C(=O)Cc2cnn(CC)c2)CC1. The average Bonchev–Trinajstić information content (AvgIpc) is 2.93. The van der Waals surface area contributed by atoms with Crippen LogP contribution in [0.15, 0.2) is 12.4 Å². The predicted octanol–water partition coefficient (Wildman–Crippen LogP) is 4.01. The van der Waals surface area contributed by atoms with Gasteiger partial charge in [-0.2, -0.15) is 5.10 Å². The van der Waals surface area contributed by atoms with Gasteiger partial charge >= 0.3 is 0 Å². The van der Waals surface area contributed by atoms with Gasteiger partial charge in [0.05, 0.1) is 6.20 Å². The van der Waals surface area contributed by atoms with Gasteiger partial charge in [0, 0.05) is 25.1 Å². The molecule has 0 radical (unpaired) electrons. The Balaban J connectivity index is 1.76. The highest BCUT2D eigenvalue weighted by Crippen LogP contribution is 2.32. The fourth-order valence-electron chi connectivity index (χ4n) is 3.28. The summed E-state index contributed by atoms with van der Waals surface area (Å²) in [4.78, 5) is 12.3. The van der Waals surface area contributed by atoms with E-state index in [9.17, 15) is 4.79 Å². The molecule has 1 saturated carbocycles. The van der Waals surface area contributed by atoms with E-state index < -0.39 is 0 Å². The number of rotatable bonds is 7. The van der Waals surface area contributed by atoms with E-state index in [2.05, 4.69) is 18.9 Å². The number of nitrogens with zero attached hydrogens (tertiary/aromatic N) is 2. The fourth-order valence-corrected chi connectivity index (χ4v) is 3.28. The van der Waals surface area contributed by atoms with Crippen LogP contribution in [0.4, 0.5) is 0 Å². The summed E-state index contributed by atoms with van der Waals surface area (Å²) in [5.74, 6) is 1.61. The van der Waals surface area contributed by atoms with Crippen molar-refractivity contribution in [1.29, 1.82) is 0 Å². The largest absolute Gasteiger partial charge is 0.299 e. The lowest BCUT2D eigenvalue weighted by atomic mass is 9.77. The number of aryl methyl sites for hydroxylation is 1. The van der Waals surface area contributed by atoms with Crippen LogP contribution in [0.2, 0.25) is 0 Å². The lowest BCUT2D eigenvalue weighted by Gasteiger charge is -2.27. The smallest absolute Gasteiger partial charge is 0.140 e. The van der Waals surface area contributed by atoms with E-state index in [1.165, 1.54) is 32.1 Å². The molecule has 0 N–H and O–H groups in total. The summed E-state index contributed by atoms with van der Waals surface area (Å²) in [6, 6.07) is 0. The summed E-state index contributed by atoms with van der Waals surface area (Å²) < 4.78 is 1.89. The van der Waals surface area contributed by atoms with Crippen LogP contribution in [-0.4, -0.2) is 15.6 Å². The van der Waals surface area contributed by atoms with Crippen LogP contribution >= 0.6 is 0 Å². The maximum Gasteiger partial charge on any atom is 0.140 e. The first-order chi connectivity index (χ1) is 9.72. The van der Waals surface area contributed by atoms with Gasteiger partial charge < -0.3 is 0 Å². The maximum atomic E-state index is 12.3. The standard InChI is InChI=1S/C17H28N2O/c1-3-5-6-14-7-9-16(10-8-14)17(20)11-15-12-18-19(4-2)13-15/h12-14,16H,3-11H2,1-2H3. The zero-order valence-corrected chi connectivity index (χ0v) is 13.0. The second kappa shape index (κ2) is 7.61. The van der Waals surface area contributed by atoms with Gasteiger partial charge in [0.15, 0.2) is 0 Å². The van der Waals surface area contributed by atoms with Crippen LogP contribution in [0.3, 0.4) is 0 Å². The number of Topliss-reactive ketones (excluding diaryl/α,β-unsaturated/α-hetero) is 1. The molecule has 1 aliphatic carbocycles. The van der Waals surface area contributed by atoms with E-state index in [0.717, 1.165) is 30.9 Å². The van der Waals surface area contributed by atoms with E-state index in [1.54, 1.807) is 0 Å². The Morgan fingerprint density at radius 3 is 2.65 bits per heavy atom. The van der Waals surface area contributed by atoms with Gasteiger partial charge in [-0.05, 0) is 44.1 Å². The van der Waals surface area contributed by atoms with E-state index in [4.69, 9.17) is 0 Å². The van der Waals surface area contributed by atoms with Crippen LogP contribution in [-0.2, 0) is 17.8 Å². The summed E-state index contributed by atoms with van der Waals surface area (Å²) in [7, 11) is 0. The monoisotopic (exact) mass is 276 g/mol. The Bertz CT molecular complexity index is 416. The molecule has 1 fully saturated rings. The van der Waals surface area contributed by atoms with Crippen LogP contribution in [0.1, 0.15) is 64.4 Å². The van der Waals surface area contributed by atoms with Crippen molar-refractivity contribution < 1.29 is 4.79 Å². The van der Waals surface area contributed by atoms with Gasteiger partial charge in [-0.3, -0.25) is 9.48 Å². The summed E-state index contributed by atoms with van der Waals surface area (Å²) in [5, 5.41) is 4.24. The molecule has 3 nitrogen and oxygen atoms in total. The lowest BCUT2D eigenvalue weighted by molar-refractivity contribution is -0.123. The molecule has 112 valence electrons. The first kappa shape index (κ1) is 15.3. The van der Waals surface area contributed by atoms with Crippen molar-refractivity contribution in [3.8, 4) is 0 Å². The van der Waals surface area contributed by atoms with E-state index in [0.29, 0.717) is 18.1 Å². The summed E-state index contributed by atoms with van der Waals surface area (Å²) in [6.07, 6.45) is 13.1. The van der Waals surface area contributed by atoms with Crippen molar-refractivity contribution in [2.75, 3.05) is 0 Å². The minimum Gasteiger partial charge on any atom is -0.299 e. The van der Waals surface area contributed by atoms with Crippen molar-refractivity contribution in [3.05, 3.63) is 18.0 Å². The molecule has 0 amide bonds. The summed E-state index contributed by atoms with van der Waals surface area (Å²) in [6.45, 7) is 5.19. The molecule has 0 aromatic carbocycles. The molecule has 0 spiro atoms. The third kappa shape index (κ3) is 4.19. The molecule has 2 rings (SSSR count).